The lowest BCUT2D eigenvalue weighted by molar-refractivity contribution is -0.125. The van der Waals surface area contributed by atoms with Crippen LogP contribution in [0.1, 0.15) is 47.5 Å². The second-order valence-electron chi connectivity index (χ2n) is 4.97. The summed E-state index contributed by atoms with van der Waals surface area (Å²) in [5.41, 5.74) is 0.516. The van der Waals surface area contributed by atoms with Crippen molar-refractivity contribution in [3.8, 4) is 0 Å². The van der Waals surface area contributed by atoms with E-state index in [1.165, 1.54) is 6.20 Å². The van der Waals surface area contributed by atoms with Crippen LogP contribution in [0.4, 0.5) is 0 Å². The number of nitrogens with zero attached hydrogens (tertiary/aromatic N) is 2. The molecule has 0 bridgehead atoms. The molecular formula is C15H19N3O3. The molecule has 6 nitrogen and oxygen atoms in total. The fourth-order valence-electron chi connectivity index (χ4n) is 2.41. The molecule has 0 aromatic carbocycles. The number of pyridine rings is 1. The lowest BCUT2D eigenvalue weighted by Gasteiger charge is -2.16. The molecule has 1 aliphatic heterocycles. The van der Waals surface area contributed by atoms with Gasteiger partial charge in [0.15, 0.2) is 0 Å². The smallest absolute Gasteiger partial charge is 0.280 e. The summed E-state index contributed by atoms with van der Waals surface area (Å²) in [4.78, 5) is 41.1. The molecule has 0 spiro atoms. The van der Waals surface area contributed by atoms with Crippen molar-refractivity contribution in [2.75, 3.05) is 13.1 Å². The maximum atomic E-state index is 12.1. The normalized spacial score (nSPS) is 13.8. The number of imide groups is 1. The van der Waals surface area contributed by atoms with Gasteiger partial charge in [0.1, 0.15) is 5.69 Å². The quantitative estimate of drug-likeness (QED) is 0.799. The van der Waals surface area contributed by atoms with Crippen LogP contribution >= 0.6 is 0 Å². The minimum atomic E-state index is -0.396. The highest BCUT2D eigenvalue weighted by atomic mass is 16.2. The summed E-state index contributed by atoms with van der Waals surface area (Å²) in [6, 6.07) is 3.22. The standard InChI is InChI=1S/C15H19N3O3/c1-3-10(4-2)13(19)17-8-9-18-14(20)11-6-5-7-16-12(11)15(18)21/h5-7,10H,3-4,8-9H2,1-2H3,(H,17,19). The molecule has 0 unspecified atom stereocenters. The molecule has 3 amide bonds. The number of hydrogen-bond acceptors (Lipinski definition) is 4. The van der Waals surface area contributed by atoms with Crippen LogP contribution < -0.4 is 5.32 Å². The molecule has 0 aliphatic carbocycles. The minimum absolute atomic E-state index is 0.0196. The van der Waals surface area contributed by atoms with Gasteiger partial charge in [-0.25, -0.2) is 0 Å². The third-order valence-electron chi connectivity index (χ3n) is 3.72. The van der Waals surface area contributed by atoms with E-state index in [0.29, 0.717) is 5.56 Å². The van der Waals surface area contributed by atoms with E-state index in [2.05, 4.69) is 10.3 Å². The number of carbonyl (C=O) groups excluding carboxylic acids is 3. The first kappa shape index (κ1) is 15.2. The van der Waals surface area contributed by atoms with Gasteiger partial charge in [0, 0.05) is 25.2 Å². The molecule has 6 heteroatoms. The van der Waals surface area contributed by atoms with Gasteiger partial charge in [-0.15, -0.1) is 0 Å². The van der Waals surface area contributed by atoms with Crippen molar-refractivity contribution in [1.29, 1.82) is 0 Å². The largest absolute Gasteiger partial charge is 0.354 e. The second-order valence-corrected chi connectivity index (χ2v) is 4.97. The summed E-state index contributed by atoms with van der Waals surface area (Å²) in [6.45, 7) is 4.36. The van der Waals surface area contributed by atoms with Crippen LogP contribution in [0.2, 0.25) is 0 Å². The molecule has 0 saturated carbocycles. The average molecular weight is 289 g/mol. The fourth-order valence-corrected chi connectivity index (χ4v) is 2.41. The van der Waals surface area contributed by atoms with Crippen LogP contribution in [0.25, 0.3) is 0 Å². The van der Waals surface area contributed by atoms with Crippen molar-refractivity contribution in [2.45, 2.75) is 26.7 Å². The maximum Gasteiger partial charge on any atom is 0.280 e. The van der Waals surface area contributed by atoms with Crippen LogP contribution in [0, 0.1) is 5.92 Å². The van der Waals surface area contributed by atoms with Crippen molar-refractivity contribution in [3.05, 3.63) is 29.6 Å². The van der Waals surface area contributed by atoms with E-state index in [1.54, 1.807) is 12.1 Å². The van der Waals surface area contributed by atoms with E-state index in [0.717, 1.165) is 17.7 Å². The summed E-state index contributed by atoms with van der Waals surface area (Å²) in [5.74, 6) is -0.796. The molecule has 1 N–H and O–H groups in total. The highest BCUT2D eigenvalue weighted by Crippen LogP contribution is 2.19. The van der Waals surface area contributed by atoms with Crippen molar-refractivity contribution in [3.63, 3.8) is 0 Å². The van der Waals surface area contributed by atoms with E-state index in [1.807, 2.05) is 13.8 Å². The number of aromatic nitrogens is 1. The highest BCUT2D eigenvalue weighted by Gasteiger charge is 2.36. The summed E-state index contributed by atoms with van der Waals surface area (Å²) >= 11 is 0. The first-order valence-corrected chi connectivity index (χ1v) is 7.19. The van der Waals surface area contributed by atoms with E-state index >= 15 is 0 Å². The second kappa shape index (κ2) is 6.47. The molecule has 21 heavy (non-hydrogen) atoms. The Morgan fingerprint density at radius 3 is 2.62 bits per heavy atom. The SMILES string of the molecule is CCC(CC)C(=O)NCCN1C(=O)c2cccnc2C1=O. The Hall–Kier alpha value is -2.24. The monoisotopic (exact) mass is 289 g/mol. The lowest BCUT2D eigenvalue weighted by Crippen LogP contribution is -2.39. The number of rotatable bonds is 6. The Balaban J connectivity index is 1.93. The molecule has 2 heterocycles. The molecular weight excluding hydrogens is 270 g/mol. The zero-order valence-corrected chi connectivity index (χ0v) is 12.3. The molecule has 1 aromatic heterocycles. The lowest BCUT2D eigenvalue weighted by atomic mass is 10.0. The predicted octanol–water partition coefficient (Wildman–Crippen LogP) is 1.23. The molecule has 2 rings (SSSR count). The molecule has 1 aliphatic rings. The Morgan fingerprint density at radius 2 is 2.00 bits per heavy atom. The van der Waals surface area contributed by atoms with Gasteiger partial charge in [-0.3, -0.25) is 24.3 Å². The van der Waals surface area contributed by atoms with E-state index in [9.17, 15) is 14.4 Å². The molecule has 112 valence electrons. The third kappa shape index (κ3) is 2.94. The molecule has 0 saturated heterocycles. The number of carbonyl (C=O) groups is 3. The number of amides is 3. The van der Waals surface area contributed by atoms with Crippen LogP contribution in [-0.2, 0) is 4.79 Å². The average Bonchev–Trinajstić information content (AvgIpc) is 2.74. The van der Waals surface area contributed by atoms with E-state index < -0.39 is 5.91 Å². The van der Waals surface area contributed by atoms with Gasteiger partial charge in [0.05, 0.1) is 5.56 Å². The summed E-state index contributed by atoms with van der Waals surface area (Å²) in [5, 5.41) is 2.77. The minimum Gasteiger partial charge on any atom is -0.354 e. The maximum absolute atomic E-state index is 12.1. The van der Waals surface area contributed by atoms with Crippen molar-refractivity contribution >= 4 is 17.7 Å². The Labute approximate surface area is 123 Å². The van der Waals surface area contributed by atoms with Crippen LogP contribution in [0.15, 0.2) is 18.3 Å². The van der Waals surface area contributed by atoms with E-state index in [4.69, 9.17) is 0 Å². The first-order valence-electron chi connectivity index (χ1n) is 7.19. The summed E-state index contributed by atoms with van der Waals surface area (Å²) in [6.07, 6.45) is 3.04. The van der Waals surface area contributed by atoms with Crippen molar-refractivity contribution < 1.29 is 14.4 Å². The summed E-state index contributed by atoms with van der Waals surface area (Å²) in [7, 11) is 0. The Morgan fingerprint density at radius 1 is 1.29 bits per heavy atom. The zero-order chi connectivity index (χ0) is 15.4. The van der Waals surface area contributed by atoms with Gasteiger partial charge < -0.3 is 5.32 Å². The Kier molecular flexibility index (Phi) is 4.67. The van der Waals surface area contributed by atoms with Crippen molar-refractivity contribution in [2.24, 2.45) is 5.92 Å². The summed E-state index contributed by atoms with van der Waals surface area (Å²) < 4.78 is 0. The van der Waals surface area contributed by atoms with E-state index in [-0.39, 0.29) is 36.5 Å². The highest BCUT2D eigenvalue weighted by molar-refractivity contribution is 6.20. The number of hydrogen-bond donors (Lipinski definition) is 1. The van der Waals surface area contributed by atoms with Gasteiger partial charge in [-0.2, -0.15) is 0 Å². The molecule has 0 radical (unpaired) electrons. The predicted molar refractivity (Wildman–Crippen MR) is 76.7 cm³/mol. The first-order chi connectivity index (χ1) is 10.1. The van der Waals surface area contributed by atoms with Gasteiger partial charge in [-0.05, 0) is 25.0 Å². The molecule has 0 atom stereocenters. The fraction of sp³-hybridized carbons (Fsp3) is 0.467. The van der Waals surface area contributed by atoms with Crippen LogP contribution in [-0.4, -0.2) is 40.7 Å². The topological polar surface area (TPSA) is 79.4 Å². The molecule has 1 aromatic rings. The Bertz CT molecular complexity index is 532. The van der Waals surface area contributed by atoms with Gasteiger partial charge >= 0.3 is 0 Å². The van der Waals surface area contributed by atoms with Gasteiger partial charge in [-0.1, -0.05) is 13.8 Å². The number of nitrogens with one attached hydrogen (secondary N) is 1. The van der Waals surface area contributed by atoms with Crippen molar-refractivity contribution in [1.82, 2.24) is 15.2 Å². The van der Waals surface area contributed by atoms with Crippen LogP contribution in [0.5, 0.6) is 0 Å². The zero-order valence-electron chi connectivity index (χ0n) is 12.3. The molecule has 0 fully saturated rings. The van der Waals surface area contributed by atoms with Crippen LogP contribution in [0.3, 0.4) is 0 Å². The third-order valence-corrected chi connectivity index (χ3v) is 3.72. The van der Waals surface area contributed by atoms with Gasteiger partial charge in [0.2, 0.25) is 5.91 Å². The number of fused-ring (bicyclic) bond motifs is 1. The van der Waals surface area contributed by atoms with Gasteiger partial charge in [0.25, 0.3) is 11.8 Å².